The first-order valence-corrected chi connectivity index (χ1v) is 5.83. The highest BCUT2D eigenvalue weighted by Crippen LogP contribution is 2.20. The third kappa shape index (κ3) is 2.45. The lowest BCUT2D eigenvalue weighted by Crippen LogP contribution is -2.14. The Labute approximate surface area is 105 Å². The Morgan fingerprint density at radius 1 is 1.39 bits per heavy atom. The normalized spacial score (nSPS) is 10.4. The molecule has 4 nitrogen and oxygen atoms in total. The summed E-state index contributed by atoms with van der Waals surface area (Å²) in [6.45, 7) is 1.77. The zero-order valence-electron chi connectivity index (χ0n) is 9.33. The number of hydrogen-bond acceptors (Lipinski definition) is 4. The van der Waals surface area contributed by atoms with Crippen molar-refractivity contribution < 1.29 is 13.6 Å². The van der Waals surface area contributed by atoms with Crippen molar-refractivity contribution in [1.82, 2.24) is 4.98 Å². The Hall–Kier alpha value is -2.02. The average Bonchev–Trinajstić information content (AvgIpc) is 2.69. The van der Waals surface area contributed by atoms with E-state index < -0.39 is 17.5 Å². The highest BCUT2D eigenvalue weighted by molar-refractivity contribution is 7.13. The van der Waals surface area contributed by atoms with Crippen LogP contribution in [0.3, 0.4) is 0 Å². The van der Waals surface area contributed by atoms with Crippen LogP contribution in [0.4, 0.5) is 19.6 Å². The highest BCUT2D eigenvalue weighted by Gasteiger charge is 2.16. The van der Waals surface area contributed by atoms with Crippen molar-refractivity contribution in [1.29, 1.82) is 0 Å². The molecule has 1 amide bonds. The Bertz CT molecular complexity index is 612. The maximum atomic E-state index is 13.4. The number of benzene rings is 1. The molecule has 0 radical (unpaired) electrons. The summed E-state index contributed by atoms with van der Waals surface area (Å²) in [5.41, 5.74) is 5.44. The van der Waals surface area contributed by atoms with E-state index in [-0.39, 0.29) is 11.3 Å². The Morgan fingerprint density at radius 3 is 2.72 bits per heavy atom. The zero-order valence-corrected chi connectivity index (χ0v) is 10.1. The van der Waals surface area contributed by atoms with E-state index in [9.17, 15) is 13.6 Å². The summed E-state index contributed by atoms with van der Waals surface area (Å²) in [5.74, 6) is -2.57. The second kappa shape index (κ2) is 4.69. The van der Waals surface area contributed by atoms with Crippen LogP contribution in [0.15, 0.2) is 17.5 Å². The largest absolute Gasteiger partial charge is 0.396 e. The molecule has 0 saturated heterocycles. The minimum atomic E-state index is -0.965. The van der Waals surface area contributed by atoms with Crippen LogP contribution in [0.1, 0.15) is 16.1 Å². The molecule has 0 aliphatic heterocycles. The Morgan fingerprint density at radius 2 is 2.11 bits per heavy atom. The number of nitrogens with two attached hydrogens (primary N) is 1. The van der Waals surface area contributed by atoms with Crippen molar-refractivity contribution in [3.8, 4) is 0 Å². The molecule has 0 saturated carbocycles. The molecule has 7 heteroatoms. The minimum absolute atomic E-state index is 0.281. The number of thiazole rings is 1. The third-order valence-electron chi connectivity index (χ3n) is 2.17. The number of anilines is 2. The summed E-state index contributed by atoms with van der Waals surface area (Å²) in [4.78, 5) is 15.7. The van der Waals surface area contributed by atoms with E-state index in [2.05, 4.69) is 10.3 Å². The molecule has 2 rings (SSSR count). The maximum absolute atomic E-state index is 13.4. The second-order valence-electron chi connectivity index (χ2n) is 3.60. The molecule has 1 aromatic heterocycles. The zero-order chi connectivity index (χ0) is 13.3. The smallest absolute Gasteiger partial charge is 0.260 e. The molecule has 0 spiro atoms. The summed E-state index contributed by atoms with van der Waals surface area (Å²) in [6, 6.07) is 1.54. The quantitative estimate of drug-likeness (QED) is 0.823. The number of hydrogen-bond donors (Lipinski definition) is 2. The number of carbonyl (C=O) groups excluding carboxylic acids is 1. The summed E-state index contributed by atoms with van der Waals surface area (Å²) >= 11 is 1.21. The van der Waals surface area contributed by atoms with Crippen LogP contribution in [-0.2, 0) is 0 Å². The highest BCUT2D eigenvalue weighted by atomic mass is 32.1. The molecule has 2 aromatic rings. The van der Waals surface area contributed by atoms with E-state index >= 15 is 0 Å². The van der Waals surface area contributed by atoms with Crippen molar-refractivity contribution in [2.24, 2.45) is 0 Å². The van der Waals surface area contributed by atoms with Gasteiger partial charge in [0.15, 0.2) is 5.13 Å². The number of amides is 1. The van der Waals surface area contributed by atoms with E-state index in [1.54, 1.807) is 12.3 Å². The molecule has 0 atom stereocenters. The van der Waals surface area contributed by atoms with Gasteiger partial charge in [0.05, 0.1) is 16.9 Å². The second-order valence-corrected chi connectivity index (χ2v) is 4.46. The van der Waals surface area contributed by atoms with E-state index in [4.69, 9.17) is 5.73 Å². The van der Waals surface area contributed by atoms with Crippen LogP contribution in [-0.4, -0.2) is 10.9 Å². The molecule has 1 aromatic carbocycles. The first-order chi connectivity index (χ1) is 8.47. The predicted octanol–water partition coefficient (Wildman–Crippen LogP) is 2.56. The summed E-state index contributed by atoms with van der Waals surface area (Å²) in [5, 5.41) is 4.51. The SMILES string of the molecule is Cc1csc(NC(=O)c2cc(N)c(F)cc2F)n1. The molecule has 0 aliphatic rings. The van der Waals surface area contributed by atoms with Crippen molar-refractivity contribution in [3.05, 3.63) is 40.4 Å². The molecule has 1 heterocycles. The fourth-order valence-electron chi connectivity index (χ4n) is 1.32. The van der Waals surface area contributed by atoms with Gasteiger partial charge in [-0.2, -0.15) is 0 Å². The van der Waals surface area contributed by atoms with Gasteiger partial charge in [-0.25, -0.2) is 13.8 Å². The lowest BCUT2D eigenvalue weighted by molar-refractivity contribution is 0.102. The number of nitrogen functional groups attached to an aromatic ring is 1. The van der Waals surface area contributed by atoms with Crippen LogP contribution >= 0.6 is 11.3 Å². The van der Waals surface area contributed by atoms with Crippen LogP contribution in [0.25, 0.3) is 0 Å². The molecular formula is C11H9F2N3OS. The molecule has 0 fully saturated rings. The number of carbonyl (C=O) groups is 1. The summed E-state index contributed by atoms with van der Waals surface area (Å²) < 4.78 is 26.4. The number of aryl methyl sites for hydroxylation is 1. The maximum Gasteiger partial charge on any atom is 0.260 e. The van der Waals surface area contributed by atoms with Gasteiger partial charge in [-0.15, -0.1) is 11.3 Å². The monoisotopic (exact) mass is 269 g/mol. The first-order valence-electron chi connectivity index (χ1n) is 4.95. The van der Waals surface area contributed by atoms with Crippen LogP contribution in [0, 0.1) is 18.6 Å². The molecular weight excluding hydrogens is 260 g/mol. The standard InChI is InChI=1S/C11H9F2N3OS/c1-5-4-18-11(15-5)16-10(17)6-2-9(14)8(13)3-7(6)12/h2-4H,14H2,1H3,(H,15,16,17). The average molecular weight is 269 g/mol. The molecule has 94 valence electrons. The lowest BCUT2D eigenvalue weighted by Gasteiger charge is -2.05. The first kappa shape index (κ1) is 12.4. The van der Waals surface area contributed by atoms with E-state index in [0.29, 0.717) is 11.2 Å². The van der Waals surface area contributed by atoms with Crippen molar-refractivity contribution in [2.45, 2.75) is 6.92 Å². The van der Waals surface area contributed by atoms with Crippen molar-refractivity contribution >= 4 is 28.1 Å². The van der Waals surface area contributed by atoms with Gasteiger partial charge in [0.2, 0.25) is 0 Å². The van der Waals surface area contributed by atoms with Gasteiger partial charge in [-0.05, 0) is 13.0 Å². The summed E-state index contributed by atoms with van der Waals surface area (Å²) in [7, 11) is 0. The fraction of sp³-hybridized carbons (Fsp3) is 0.0909. The topological polar surface area (TPSA) is 68.0 Å². The third-order valence-corrected chi connectivity index (χ3v) is 3.05. The van der Waals surface area contributed by atoms with Crippen LogP contribution < -0.4 is 11.1 Å². The number of aromatic nitrogens is 1. The molecule has 0 aliphatic carbocycles. The minimum Gasteiger partial charge on any atom is -0.396 e. The van der Waals surface area contributed by atoms with E-state index in [1.807, 2.05) is 0 Å². The van der Waals surface area contributed by atoms with Gasteiger partial charge in [0.25, 0.3) is 5.91 Å². The van der Waals surface area contributed by atoms with Gasteiger partial charge in [0, 0.05) is 11.4 Å². The van der Waals surface area contributed by atoms with Crippen molar-refractivity contribution in [3.63, 3.8) is 0 Å². The Balaban J connectivity index is 2.26. The van der Waals surface area contributed by atoms with Crippen molar-refractivity contribution in [2.75, 3.05) is 11.1 Å². The van der Waals surface area contributed by atoms with Crippen LogP contribution in [0.5, 0.6) is 0 Å². The Kier molecular flexibility index (Phi) is 3.24. The van der Waals surface area contributed by atoms with E-state index in [1.165, 1.54) is 11.3 Å². The van der Waals surface area contributed by atoms with E-state index in [0.717, 1.165) is 11.8 Å². The molecule has 0 bridgehead atoms. The predicted molar refractivity (Wildman–Crippen MR) is 65.6 cm³/mol. The van der Waals surface area contributed by atoms with Gasteiger partial charge in [0.1, 0.15) is 11.6 Å². The molecule has 18 heavy (non-hydrogen) atoms. The number of halogens is 2. The number of rotatable bonds is 2. The number of nitrogens with zero attached hydrogens (tertiary/aromatic N) is 1. The lowest BCUT2D eigenvalue weighted by atomic mass is 10.1. The van der Waals surface area contributed by atoms with Crippen LogP contribution in [0.2, 0.25) is 0 Å². The molecule has 0 unspecified atom stereocenters. The summed E-state index contributed by atoms with van der Waals surface area (Å²) in [6.07, 6.45) is 0. The van der Waals surface area contributed by atoms with Gasteiger partial charge < -0.3 is 5.73 Å². The number of nitrogens with one attached hydrogen (secondary N) is 1. The van der Waals surface area contributed by atoms with Gasteiger partial charge in [-0.3, -0.25) is 10.1 Å². The van der Waals surface area contributed by atoms with Gasteiger partial charge >= 0.3 is 0 Å². The fourth-order valence-corrected chi connectivity index (χ4v) is 2.00. The molecule has 3 N–H and O–H groups in total. The van der Waals surface area contributed by atoms with Gasteiger partial charge in [-0.1, -0.05) is 0 Å².